The fourth-order valence-electron chi connectivity index (χ4n) is 1.66. The lowest BCUT2D eigenvalue weighted by molar-refractivity contribution is 0.902. The van der Waals surface area contributed by atoms with Crippen LogP contribution < -0.4 is 5.73 Å². The lowest BCUT2D eigenvalue weighted by atomic mass is 10.2. The highest BCUT2D eigenvalue weighted by molar-refractivity contribution is 7.98. The molecule has 0 aliphatic carbocycles. The van der Waals surface area contributed by atoms with Gasteiger partial charge in [-0.1, -0.05) is 13.0 Å². The highest BCUT2D eigenvalue weighted by Crippen LogP contribution is 2.29. The van der Waals surface area contributed by atoms with Crippen molar-refractivity contribution in [2.75, 3.05) is 5.73 Å². The largest absolute Gasteiger partial charge is 0.398 e. The van der Waals surface area contributed by atoms with Gasteiger partial charge in [-0.15, -0.1) is 23.1 Å². The van der Waals surface area contributed by atoms with Crippen LogP contribution in [0.5, 0.6) is 0 Å². The number of anilines is 1. The average Bonchev–Trinajstić information content (AvgIpc) is 2.79. The smallest absolute Gasteiger partial charge is 0.0928 e. The number of nitrogen functional groups attached to an aromatic ring is 1. The summed E-state index contributed by atoms with van der Waals surface area (Å²) in [6.07, 6.45) is 2.24. The van der Waals surface area contributed by atoms with Crippen molar-refractivity contribution in [1.29, 1.82) is 0 Å². The van der Waals surface area contributed by atoms with Crippen molar-refractivity contribution in [2.24, 2.45) is 0 Å². The van der Waals surface area contributed by atoms with Crippen LogP contribution in [0.4, 0.5) is 5.69 Å². The molecule has 18 heavy (non-hydrogen) atoms. The maximum absolute atomic E-state index is 5.97. The molecule has 2 aromatic rings. The predicted octanol–water partition coefficient (Wildman–Crippen LogP) is 4.28. The maximum atomic E-state index is 5.97. The Labute approximate surface area is 117 Å². The monoisotopic (exact) mass is 278 g/mol. The molecule has 1 aromatic carbocycles. The van der Waals surface area contributed by atoms with Gasteiger partial charge < -0.3 is 5.73 Å². The maximum Gasteiger partial charge on any atom is 0.0928 e. The number of nitrogens with zero attached hydrogens (tertiary/aromatic N) is 1. The molecule has 0 unspecified atom stereocenters. The summed E-state index contributed by atoms with van der Waals surface area (Å²) in [5, 5.41) is 3.40. The molecule has 0 bridgehead atoms. The van der Waals surface area contributed by atoms with E-state index in [0.717, 1.165) is 34.9 Å². The SMILES string of the molecule is CCCc1nc(CSc2cc(C)ccc2N)cs1. The molecule has 1 aromatic heterocycles. The summed E-state index contributed by atoms with van der Waals surface area (Å²) in [4.78, 5) is 5.78. The second kappa shape index (κ2) is 6.25. The zero-order chi connectivity index (χ0) is 13.0. The fourth-order valence-corrected chi connectivity index (χ4v) is 3.62. The quantitative estimate of drug-likeness (QED) is 0.655. The molecule has 4 heteroatoms. The third kappa shape index (κ3) is 3.50. The van der Waals surface area contributed by atoms with Crippen LogP contribution in [0.3, 0.4) is 0 Å². The minimum absolute atomic E-state index is 0.856. The molecule has 0 amide bonds. The lowest BCUT2D eigenvalue weighted by Gasteiger charge is -2.05. The Bertz CT molecular complexity index is 520. The highest BCUT2D eigenvalue weighted by atomic mass is 32.2. The van der Waals surface area contributed by atoms with Gasteiger partial charge in [0.15, 0.2) is 0 Å². The van der Waals surface area contributed by atoms with Crippen LogP contribution in [0.15, 0.2) is 28.5 Å². The summed E-state index contributed by atoms with van der Waals surface area (Å²) >= 11 is 3.53. The van der Waals surface area contributed by atoms with E-state index in [4.69, 9.17) is 5.73 Å². The van der Waals surface area contributed by atoms with Crippen molar-refractivity contribution >= 4 is 28.8 Å². The second-order valence-corrected chi connectivity index (χ2v) is 6.27. The molecule has 0 atom stereocenters. The molecule has 0 aliphatic rings. The standard InChI is InChI=1S/C14H18N2S2/c1-3-4-14-16-11(9-18-14)8-17-13-7-10(2)5-6-12(13)15/h5-7,9H,3-4,8,15H2,1-2H3. The summed E-state index contributed by atoms with van der Waals surface area (Å²) in [6, 6.07) is 6.15. The topological polar surface area (TPSA) is 38.9 Å². The molecule has 96 valence electrons. The van der Waals surface area contributed by atoms with E-state index in [1.165, 1.54) is 10.6 Å². The van der Waals surface area contributed by atoms with E-state index in [1.807, 2.05) is 12.1 Å². The molecule has 2 rings (SSSR count). The average molecular weight is 278 g/mol. The molecule has 2 N–H and O–H groups in total. The van der Waals surface area contributed by atoms with Crippen molar-refractivity contribution in [2.45, 2.75) is 37.3 Å². The minimum atomic E-state index is 0.856. The van der Waals surface area contributed by atoms with Gasteiger partial charge in [-0.25, -0.2) is 4.98 Å². The summed E-state index contributed by atoms with van der Waals surface area (Å²) in [6.45, 7) is 4.27. The van der Waals surface area contributed by atoms with Crippen molar-refractivity contribution < 1.29 is 0 Å². The molecule has 0 saturated carbocycles. The van der Waals surface area contributed by atoms with Gasteiger partial charge in [0, 0.05) is 21.7 Å². The molecule has 0 saturated heterocycles. The van der Waals surface area contributed by atoms with Gasteiger partial charge in [-0.05, 0) is 37.5 Å². The van der Waals surface area contributed by atoms with Gasteiger partial charge in [0.25, 0.3) is 0 Å². The fraction of sp³-hybridized carbons (Fsp3) is 0.357. The number of aromatic nitrogens is 1. The highest BCUT2D eigenvalue weighted by Gasteiger charge is 2.04. The van der Waals surface area contributed by atoms with Crippen molar-refractivity contribution in [1.82, 2.24) is 4.98 Å². The number of aryl methyl sites for hydroxylation is 2. The molecule has 0 radical (unpaired) electrons. The van der Waals surface area contributed by atoms with Crippen molar-refractivity contribution in [3.05, 3.63) is 39.8 Å². The van der Waals surface area contributed by atoms with Crippen LogP contribution in [0.1, 0.15) is 29.6 Å². The Morgan fingerprint density at radius 2 is 2.22 bits per heavy atom. The lowest BCUT2D eigenvalue weighted by Crippen LogP contribution is -1.90. The number of thioether (sulfide) groups is 1. The van der Waals surface area contributed by atoms with Gasteiger partial charge in [0.05, 0.1) is 10.7 Å². The molecule has 0 aliphatic heterocycles. The first-order valence-electron chi connectivity index (χ1n) is 6.11. The van der Waals surface area contributed by atoms with E-state index in [9.17, 15) is 0 Å². The van der Waals surface area contributed by atoms with Crippen LogP contribution in [0, 0.1) is 6.92 Å². The van der Waals surface area contributed by atoms with E-state index in [1.54, 1.807) is 23.1 Å². The third-order valence-corrected chi connectivity index (χ3v) is 4.67. The van der Waals surface area contributed by atoms with E-state index >= 15 is 0 Å². The zero-order valence-electron chi connectivity index (χ0n) is 10.8. The summed E-state index contributed by atoms with van der Waals surface area (Å²) in [5.41, 5.74) is 9.23. The number of benzene rings is 1. The van der Waals surface area contributed by atoms with Crippen molar-refractivity contribution in [3.63, 3.8) is 0 Å². The normalized spacial score (nSPS) is 10.8. The number of nitrogens with two attached hydrogens (primary N) is 1. The Kier molecular flexibility index (Phi) is 4.66. The van der Waals surface area contributed by atoms with E-state index in [0.29, 0.717) is 0 Å². The number of hydrogen-bond acceptors (Lipinski definition) is 4. The second-order valence-electron chi connectivity index (χ2n) is 4.31. The van der Waals surface area contributed by atoms with E-state index in [-0.39, 0.29) is 0 Å². The van der Waals surface area contributed by atoms with Gasteiger partial charge in [0.2, 0.25) is 0 Å². The molecular weight excluding hydrogens is 260 g/mol. The summed E-state index contributed by atoms with van der Waals surface area (Å²) in [7, 11) is 0. The predicted molar refractivity (Wildman–Crippen MR) is 81.3 cm³/mol. The summed E-state index contributed by atoms with van der Waals surface area (Å²) < 4.78 is 0. The first-order valence-corrected chi connectivity index (χ1v) is 7.97. The number of hydrogen-bond donors (Lipinski definition) is 1. The summed E-state index contributed by atoms with van der Waals surface area (Å²) in [5.74, 6) is 0.897. The van der Waals surface area contributed by atoms with E-state index in [2.05, 4.69) is 30.3 Å². The first kappa shape index (κ1) is 13.4. The molecule has 2 nitrogen and oxygen atoms in total. The Morgan fingerprint density at radius 3 is 3.00 bits per heavy atom. The molecule has 0 fully saturated rings. The molecular formula is C14H18N2S2. The van der Waals surface area contributed by atoms with Gasteiger partial charge in [-0.2, -0.15) is 0 Å². The van der Waals surface area contributed by atoms with Crippen LogP contribution in [-0.2, 0) is 12.2 Å². The van der Waals surface area contributed by atoms with Crippen molar-refractivity contribution in [3.8, 4) is 0 Å². The number of thiazole rings is 1. The molecule has 1 heterocycles. The first-order chi connectivity index (χ1) is 8.69. The molecule has 0 spiro atoms. The van der Waals surface area contributed by atoms with Crippen LogP contribution in [0.2, 0.25) is 0 Å². The van der Waals surface area contributed by atoms with Crippen LogP contribution >= 0.6 is 23.1 Å². The Morgan fingerprint density at radius 1 is 1.39 bits per heavy atom. The van der Waals surface area contributed by atoms with Crippen LogP contribution in [0.25, 0.3) is 0 Å². The van der Waals surface area contributed by atoms with Crippen LogP contribution in [-0.4, -0.2) is 4.98 Å². The Hall–Kier alpha value is -1.00. The zero-order valence-corrected chi connectivity index (χ0v) is 12.4. The third-order valence-electron chi connectivity index (χ3n) is 2.61. The van der Waals surface area contributed by atoms with Gasteiger partial charge >= 0.3 is 0 Å². The van der Waals surface area contributed by atoms with E-state index < -0.39 is 0 Å². The minimum Gasteiger partial charge on any atom is -0.398 e. The number of rotatable bonds is 5. The van der Waals surface area contributed by atoms with Gasteiger partial charge in [-0.3, -0.25) is 0 Å². The Balaban J connectivity index is 1.99. The van der Waals surface area contributed by atoms with Gasteiger partial charge in [0.1, 0.15) is 0 Å².